The smallest absolute Gasteiger partial charge is 0.405 e. The molecular weight excluding hydrogens is 386 g/mol. The van der Waals surface area contributed by atoms with Gasteiger partial charge in [-0.05, 0) is 31.0 Å². The number of amides is 3. The Morgan fingerprint density at radius 1 is 1.27 bits per heavy atom. The van der Waals surface area contributed by atoms with Gasteiger partial charge in [0.1, 0.15) is 11.9 Å². The van der Waals surface area contributed by atoms with E-state index in [9.17, 15) is 14.4 Å². The van der Waals surface area contributed by atoms with Gasteiger partial charge in [-0.1, -0.05) is 30.3 Å². The van der Waals surface area contributed by atoms with Crippen LogP contribution in [-0.4, -0.2) is 30.6 Å². The maximum atomic E-state index is 12.6. The van der Waals surface area contributed by atoms with Crippen LogP contribution < -0.4 is 20.7 Å². The molecule has 0 fully saturated rings. The van der Waals surface area contributed by atoms with Gasteiger partial charge in [0.05, 0.1) is 11.4 Å². The molecule has 30 heavy (non-hydrogen) atoms. The molecule has 0 spiro atoms. The lowest BCUT2D eigenvalue weighted by atomic mass is 9.79. The standard InChI is InChI=1S/C22H23N3O5/c1-12-15(8-14-6-4-3-5-7-14)21(30-22(23)28)16-9-19-17(24-20(27)11-29-19)10-18(16)25(12)13(2)26/h3-7,9-10,12,15,21H,8,11H2,1-2H3,(H2,23,28)(H,24,27). The van der Waals surface area contributed by atoms with Crippen molar-refractivity contribution in [2.24, 2.45) is 11.7 Å². The number of primary amides is 1. The minimum Gasteiger partial charge on any atom is -0.482 e. The van der Waals surface area contributed by atoms with Crippen molar-refractivity contribution in [2.75, 3.05) is 16.8 Å². The molecule has 3 amide bonds. The molecule has 2 aliphatic rings. The number of nitrogens with one attached hydrogen (secondary N) is 1. The third-order valence-electron chi connectivity index (χ3n) is 5.64. The zero-order valence-corrected chi connectivity index (χ0v) is 16.8. The molecule has 0 aliphatic carbocycles. The fourth-order valence-electron chi connectivity index (χ4n) is 4.36. The van der Waals surface area contributed by atoms with Crippen LogP contribution in [0.15, 0.2) is 42.5 Å². The molecule has 2 aromatic rings. The summed E-state index contributed by atoms with van der Waals surface area (Å²) in [6.07, 6.45) is -0.980. The largest absolute Gasteiger partial charge is 0.482 e. The Hall–Kier alpha value is -3.55. The Morgan fingerprint density at radius 2 is 2.00 bits per heavy atom. The van der Waals surface area contributed by atoms with Crippen molar-refractivity contribution in [3.63, 3.8) is 0 Å². The molecule has 3 atom stereocenters. The van der Waals surface area contributed by atoms with Crippen LogP contribution in [0.25, 0.3) is 0 Å². The van der Waals surface area contributed by atoms with Gasteiger partial charge in [-0.2, -0.15) is 0 Å². The van der Waals surface area contributed by atoms with Crippen LogP contribution in [0.3, 0.4) is 0 Å². The van der Waals surface area contributed by atoms with Crippen LogP contribution in [0.2, 0.25) is 0 Å². The fraction of sp³-hybridized carbons (Fsp3) is 0.318. The third-order valence-corrected chi connectivity index (χ3v) is 5.64. The average molecular weight is 409 g/mol. The summed E-state index contributed by atoms with van der Waals surface area (Å²) in [4.78, 5) is 37.8. The third kappa shape index (κ3) is 3.56. The first-order chi connectivity index (χ1) is 14.3. The molecule has 0 bridgehead atoms. The Morgan fingerprint density at radius 3 is 2.67 bits per heavy atom. The lowest BCUT2D eigenvalue weighted by Crippen LogP contribution is -2.49. The highest BCUT2D eigenvalue weighted by Crippen LogP contribution is 2.48. The first-order valence-electron chi connectivity index (χ1n) is 9.75. The van der Waals surface area contributed by atoms with Crippen LogP contribution in [0.5, 0.6) is 5.75 Å². The number of nitrogens with two attached hydrogens (primary N) is 1. The molecular formula is C22H23N3O5. The zero-order valence-electron chi connectivity index (χ0n) is 16.8. The number of ether oxygens (including phenoxy) is 2. The summed E-state index contributed by atoms with van der Waals surface area (Å²) in [7, 11) is 0. The van der Waals surface area contributed by atoms with Gasteiger partial charge < -0.3 is 25.4 Å². The summed E-state index contributed by atoms with van der Waals surface area (Å²) >= 11 is 0. The van der Waals surface area contributed by atoms with Gasteiger partial charge in [0.15, 0.2) is 6.61 Å². The zero-order chi connectivity index (χ0) is 21.4. The number of hydrogen-bond acceptors (Lipinski definition) is 5. The normalized spacial score (nSPS) is 22.3. The van der Waals surface area contributed by atoms with E-state index in [-0.39, 0.29) is 30.4 Å². The maximum absolute atomic E-state index is 12.6. The van der Waals surface area contributed by atoms with Crippen molar-refractivity contribution in [1.82, 2.24) is 0 Å². The number of rotatable bonds is 3. The summed E-state index contributed by atoms with van der Waals surface area (Å²) < 4.78 is 11.1. The minimum atomic E-state index is -0.889. The monoisotopic (exact) mass is 409 g/mol. The molecule has 4 rings (SSSR count). The maximum Gasteiger partial charge on any atom is 0.405 e. The minimum absolute atomic E-state index is 0.104. The van der Waals surface area contributed by atoms with E-state index in [1.54, 1.807) is 17.0 Å². The summed E-state index contributed by atoms with van der Waals surface area (Å²) in [6, 6.07) is 12.9. The topological polar surface area (TPSA) is 111 Å². The van der Waals surface area contributed by atoms with Crippen molar-refractivity contribution in [1.29, 1.82) is 0 Å². The molecule has 0 saturated carbocycles. The van der Waals surface area contributed by atoms with E-state index in [0.29, 0.717) is 29.1 Å². The highest BCUT2D eigenvalue weighted by molar-refractivity contribution is 5.99. The molecule has 3 unspecified atom stereocenters. The number of carbonyl (C=O) groups excluding carboxylic acids is 3. The van der Waals surface area contributed by atoms with Crippen LogP contribution in [0.1, 0.15) is 31.1 Å². The molecule has 2 aromatic carbocycles. The van der Waals surface area contributed by atoms with Crippen LogP contribution in [-0.2, 0) is 20.7 Å². The summed E-state index contributed by atoms with van der Waals surface area (Å²) in [5.41, 5.74) is 8.12. The highest BCUT2D eigenvalue weighted by atomic mass is 16.6. The van der Waals surface area contributed by atoms with Crippen molar-refractivity contribution < 1.29 is 23.9 Å². The SMILES string of the molecule is CC(=O)N1c2cc3c(cc2C(OC(N)=O)C(Cc2ccccc2)C1C)OCC(=O)N3. The van der Waals surface area contributed by atoms with E-state index in [1.165, 1.54) is 6.92 Å². The molecule has 8 heteroatoms. The van der Waals surface area contributed by atoms with Crippen LogP contribution >= 0.6 is 0 Å². The summed E-state index contributed by atoms with van der Waals surface area (Å²) in [6.45, 7) is 3.31. The van der Waals surface area contributed by atoms with E-state index in [0.717, 1.165) is 5.56 Å². The van der Waals surface area contributed by atoms with E-state index in [4.69, 9.17) is 15.2 Å². The van der Waals surface area contributed by atoms with Gasteiger partial charge in [0.2, 0.25) is 5.91 Å². The average Bonchev–Trinajstić information content (AvgIpc) is 2.69. The van der Waals surface area contributed by atoms with Crippen molar-refractivity contribution in [2.45, 2.75) is 32.4 Å². The van der Waals surface area contributed by atoms with Crippen molar-refractivity contribution >= 4 is 29.3 Å². The second kappa shape index (κ2) is 7.70. The number of nitrogens with zero attached hydrogens (tertiary/aromatic N) is 1. The van der Waals surface area contributed by atoms with E-state index >= 15 is 0 Å². The number of benzene rings is 2. The molecule has 8 nitrogen and oxygen atoms in total. The van der Waals surface area contributed by atoms with Gasteiger partial charge >= 0.3 is 6.09 Å². The Labute approximate surface area is 173 Å². The van der Waals surface area contributed by atoms with E-state index in [1.807, 2.05) is 37.3 Å². The Kier molecular flexibility index (Phi) is 5.07. The molecule has 0 radical (unpaired) electrons. The molecule has 0 aromatic heterocycles. The number of hydrogen-bond donors (Lipinski definition) is 2. The molecule has 2 heterocycles. The fourth-order valence-corrected chi connectivity index (χ4v) is 4.36. The molecule has 2 aliphatic heterocycles. The first kappa shape index (κ1) is 19.8. The Balaban J connectivity index is 1.85. The summed E-state index contributed by atoms with van der Waals surface area (Å²) in [5, 5.41) is 2.76. The van der Waals surface area contributed by atoms with Crippen molar-refractivity contribution in [3.8, 4) is 5.75 Å². The predicted octanol–water partition coefficient (Wildman–Crippen LogP) is 2.77. The molecule has 0 saturated heterocycles. The van der Waals surface area contributed by atoms with Gasteiger partial charge in [0, 0.05) is 24.4 Å². The highest BCUT2D eigenvalue weighted by Gasteiger charge is 2.43. The summed E-state index contributed by atoms with van der Waals surface area (Å²) in [5.74, 6) is -0.189. The van der Waals surface area contributed by atoms with Gasteiger partial charge in [-0.15, -0.1) is 0 Å². The van der Waals surface area contributed by atoms with Gasteiger partial charge in [0.25, 0.3) is 5.91 Å². The molecule has 3 N–H and O–H groups in total. The van der Waals surface area contributed by atoms with E-state index < -0.39 is 12.2 Å². The lowest BCUT2D eigenvalue weighted by Gasteiger charge is -2.44. The van der Waals surface area contributed by atoms with E-state index in [2.05, 4.69) is 5.32 Å². The Bertz CT molecular complexity index is 1010. The predicted molar refractivity (Wildman–Crippen MR) is 110 cm³/mol. The second-order valence-corrected chi connectivity index (χ2v) is 7.58. The van der Waals surface area contributed by atoms with Crippen LogP contribution in [0, 0.1) is 5.92 Å². The van der Waals surface area contributed by atoms with Gasteiger partial charge in [-0.25, -0.2) is 4.79 Å². The van der Waals surface area contributed by atoms with Gasteiger partial charge in [-0.3, -0.25) is 9.59 Å². The molecule has 156 valence electrons. The number of carbonyl (C=O) groups is 3. The quantitative estimate of drug-likeness (QED) is 0.810. The van der Waals surface area contributed by atoms with Crippen LogP contribution in [0.4, 0.5) is 16.2 Å². The van der Waals surface area contributed by atoms with Crippen molar-refractivity contribution in [3.05, 3.63) is 53.6 Å². The number of fused-ring (bicyclic) bond motifs is 2. The number of anilines is 2. The first-order valence-corrected chi connectivity index (χ1v) is 9.75. The lowest BCUT2D eigenvalue weighted by molar-refractivity contribution is -0.119. The second-order valence-electron chi connectivity index (χ2n) is 7.58.